The first kappa shape index (κ1) is 28.1. The SMILES string of the molecule is c1ccc(N2c3ccccc3NC2c2ccc3c(c2)C2(c4ccccc4-3)c3ccccc3-c3cc4c5ccccc5c5ccccc5c4cc32)cc1. The Hall–Kier alpha value is -6.64. The predicted molar refractivity (Wildman–Crippen MR) is 217 cm³/mol. The van der Waals surface area contributed by atoms with Gasteiger partial charge in [-0.25, -0.2) is 0 Å². The molecule has 242 valence electrons. The quantitative estimate of drug-likeness (QED) is 0.186. The van der Waals surface area contributed by atoms with Gasteiger partial charge in [0.2, 0.25) is 0 Å². The molecule has 1 N–H and O–H groups in total. The topological polar surface area (TPSA) is 15.3 Å². The van der Waals surface area contributed by atoms with Gasteiger partial charge in [-0.05, 0) is 125 Å². The summed E-state index contributed by atoms with van der Waals surface area (Å²) >= 11 is 0. The van der Waals surface area contributed by atoms with Gasteiger partial charge in [-0.15, -0.1) is 0 Å². The summed E-state index contributed by atoms with van der Waals surface area (Å²) in [4.78, 5) is 2.45. The molecule has 0 amide bonds. The highest BCUT2D eigenvalue weighted by molar-refractivity contribution is 6.26. The number of benzene rings is 9. The third kappa shape index (κ3) is 3.49. The number of hydrogen-bond donors (Lipinski definition) is 1. The van der Waals surface area contributed by atoms with Crippen LogP contribution in [0.2, 0.25) is 0 Å². The number of hydrogen-bond acceptors (Lipinski definition) is 2. The van der Waals surface area contributed by atoms with E-state index in [1.165, 1.54) is 93.8 Å². The first-order chi connectivity index (χ1) is 25.8. The molecule has 9 aromatic rings. The summed E-state index contributed by atoms with van der Waals surface area (Å²) in [5.41, 5.74) is 15.0. The Balaban J connectivity index is 1.17. The molecule has 1 heterocycles. The normalized spacial score (nSPS) is 17.6. The Morgan fingerprint density at radius 3 is 1.62 bits per heavy atom. The van der Waals surface area contributed by atoms with Gasteiger partial charge in [0.15, 0.2) is 0 Å². The fraction of sp³-hybridized carbons (Fsp3) is 0.0400. The van der Waals surface area contributed by atoms with E-state index in [0.29, 0.717) is 0 Å². The van der Waals surface area contributed by atoms with E-state index >= 15 is 0 Å². The molecule has 3 aliphatic rings. The molecule has 1 aliphatic heterocycles. The van der Waals surface area contributed by atoms with Crippen LogP contribution < -0.4 is 10.2 Å². The van der Waals surface area contributed by atoms with Crippen molar-refractivity contribution in [2.45, 2.75) is 11.6 Å². The highest BCUT2D eigenvalue weighted by Crippen LogP contribution is 2.64. The van der Waals surface area contributed by atoms with E-state index in [4.69, 9.17) is 0 Å². The maximum Gasteiger partial charge on any atom is 0.130 e. The van der Waals surface area contributed by atoms with Crippen molar-refractivity contribution in [3.8, 4) is 22.3 Å². The van der Waals surface area contributed by atoms with Crippen molar-refractivity contribution in [1.82, 2.24) is 0 Å². The minimum Gasteiger partial charge on any atom is -0.359 e. The monoisotopic (exact) mass is 660 g/mol. The summed E-state index contributed by atoms with van der Waals surface area (Å²) in [6.45, 7) is 0. The summed E-state index contributed by atoms with van der Waals surface area (Å²) in [5.74, 6) is 0. The zero-order valence-corrected chi connectivity index (χ0v) is 28.3. The van der Waals surface area contributed by atoms with Crippen LogP contribution in [0.15, 0.2) is 182 Å². The lowest BCUT2D eigenvalue weighted by atomic mass is 9.70. The van der Waals surface area contributed by atoms with Gasteiger partial charge in [0.05, 0.1) is 16.8 Å². The van der Waals surface area contributed by atoms with Crippen LogP contribution in [-0.2, 0) is 5.41 Å². The lowest BCUT2D eigenvalue weighted by Gasteiger charge is -2.32. The summed E-state index contributed by atoms with van der Waals surface area (Å²) in [7, 11) is 0. The number of fused-ring (bicyclic) bond motifs is 17. The first-order valence-electron chi connectivity index (χ1n) is 18.2. The van der Waals surface area contributed by atoms with Crippen molar-refractivity contribution in [1.29, 1.82) is 0 Å². The molecule has 9 aromatic carbocycles. The zero-order chi connectivity index (χ0) is 34.0. The van der Waals surface area contributed by atoms with Gasteiger partial charge in [-0.3, -0.25) is 0 Å². The third-order valence-corrected chi connectivity index (χ3v) is 12.0. The zero-order valence-electron chi connectivity index (χ0n) is 28.3. The van der Waals surface area contributed by atoms with E-state index in [0.717, 1.165) is 5.69 Å². The second-order valence-electron chi connectivity index (χ2n) is 14.5. The Bertz CT molecular complexity index is 2960. The van der Waals surface area contributed by atoms with E-state index in [1.807, 2.05) is 0 Å². The molecule has 0 saturated carbocycles. The molecular formula is C50H32N2. The van der Waals surface area contributed by atoms with Crippen LogP contribution in [-0.4, -0.2) is 0 Å². The Kier molecular flexibility index (Phi) is 5.52. The molecule has 1 spiro atoms. The first-order valence-corrected chi connectivity index (χ1v) is 18.2. The number of rotatable bonds is 2. The Labute approximate surface area is 302 Å². The number of anilines is 3. The molecule has 2 unspecified atom stereocenters. The van der Waals surface area contributed by atoms with E-state index in [2.05, 4.69) is 192 Å². The molecule has 2 aliphatic carbocycles. The molecule has 2 atom stereocenters. The van der Waals surface area contributed by atoms with Crippen molar-refractivity contribution in [2.24, 2.45) is 0 Å². The van der Waals surface area contributed by atoms with Crippen molar-refractivity contribution in [3.63, 3.8) is 0 Å². The summed E-state index contributed by atoms with van der Waals surface area (Å²) in [6, 6.07) is 67.9. The molecule has 2 nitrogen and oxygen atoms in total. The highest BCUT2D eigenvalue weighted by atomic mass is 15.3. The van der Waals surface area contributed by atoms with Crippen LogP contribution in [0, 0.1) is 0 Å². The van der Waals surface area contributed by atoms with Crippen molar-refractivity contribution in [2.75, 3.05) is 10.2 Å². The molecule has 0 fully saturated rings. The molecular weight excluding hydrogens is 629 g/mol. The Morgan fingerprint density at radius 1 is 0.385 bits per heavy atom. The summed E-state index contributed by atoms with van der Waals surface area (Å²) in [6.07, 6.45) is -0.0612. The number of nitrogens with one attached hydrogen (secondary N) is 1. The van der Waals surface area contributed by atoms with Crippen LogP contribution in [0.25, 0.3) is 54.6 Å². The molecule has 0 saturated heterocycles. The van der Waals surface area contributed by atoms with Gasteiger partial charge in [-0.2, -0.15) is 0 Å². The van der Waals surface area contributed by atoms with Gasteiger partial charge >= 0.3 is 0 Å². The minimum atomic E-state index is -0.460. The highest BCUT2D eigenvalue weighted by Gasteiger charge is 2.52. The van der Waals surface area contributed by atoms with Crippen LogP contribution >= 0.6 is 0 Å². The van der Waals surface area contributed by atoms with E-state index < -0.39 is 5.41 Å². The smallest absolute Gasteiger partial charge is 0.130 e. The average molecular weight is 661 g/mol. The second-order valence-corrected chi connectivity index (χ2v) is 14.5. The van der Waals surface area contributed by atoms with Crippen LogP contribution in [0.4, 0.5) is 17.1 Å². The fourth-order valence-electron chi connectivity index (χ4n) is 9.99. The molecule has 2 heteroatoms. The summed E-state index contributed by atoms with van der Waals surface area (Å²) in [5, 5.41) is 11.8. The van der Waals surface area contributed by atoms with E-state index in [-0.39, 0.29) is 6.17 Å². The van der Waals surface area contributed by atoms with Crippen molar-refractivity contribution in [3.05, 3.63) is 210 Å². The van der Waals surface area contributed by atoms with Gasteiger partial charge < -0.3 is 10.2 Å². The van der Waals surface area contributed by atoms with Gasteiger partial charge in [0, 0.05) is 5.69 Å². The van der Waals surface area contributed by atoms with E-state index in [1.54, 1.807) is 0 Å². The predicted octanol–water partition coefficient (Wildman–Crippen LogP) is 12.8. The van der Waals surface area contributed by atoms with E-state index in [9.17, 15) is 0 Å². The van der Waals surface area contributed by atoms with Gasteiger partial charge in [0.25, 0.3) is 0 Å². The molecule has 12 rings (SSSR count). The fourth-order valence-corrected chi connectivity index (χ4v) is 9.99. The second kappa shape index (κ2) is 10.2. The largest absolute Gasteiger partial charge is 0.359 e. The van der Waals surface area contributed by atoms with Gasteiger partial charge in [0.1, 0.15) is 6.17 Å². The van der Waals surface area contributed by atoms with Crippen molar-refractivity contribution >= 4 is 49.4 Å². The Morgan fingerprint density at radius 2 is 0.904 bits per heavy atom. The molecule has 0 aromatic heterocycles. The average Bonchev–Trinajstić information content (AvgIpc) is 3.85. The van der Waals surface area contributed by atoms with Gasteiger partial charge in [-0.1, -0.05) is 140 Å². The van der Waals surface area contributed by atoms with Crippen molar-refractivity contribution < 1.29 is 0 Å². The maximum atomic E-state index is 3.92. The lowest BCUT2D eigenvalue weighted by Crippen LogP contribution is -2.27. The van der Waals surface area contributed by atoms with Crippen LogP contribution in [0.3, 0.4) is 0 Å². The molecule has 0 radical (unpaired) electrons. The molecule has 52 heavy (non-hydrogen) atoms. The third-order valence-electron chi connectivity index (χ3n) is 12.0. The lowest BCUT2D eigenvalue weighted by molar-refractivity contribution is 0.780. The molecule has 0 bridgehead atoms. The summed E-state index contributed by atoms with van der Waals surface area (Å²) < 4.78 is 0. The maximum absolute atomic E-state index is 3.92. The standard InChI is InChI=1S/C50H32N2/c1-2-14-32(15-3-1)52-48-25-13-12-24-47(48)51-49(52)31-26-27-39-37-20-8-10-22-43(37)50(45(39)28-31)44-23-11-9-21-38(44)42-29-40-35-18-6-4-16-33(35)34-17-5-7-19-36(34)41(40)30-46(42)50/h1-30,49,51H. The number of para-hydroxylation sites is 3. The minimum absolute atomic E-state index is 0.0612. The van der Waals surface area contributed by atoms with Crippen LogP contribution in [0.1, 0.15) is 34.0 Å². The van der Waals surface area contributed by atoms with Crippen LogP contribution in [0.5, 0.6) is 0 Å². The number of nitrogens with zero attached hydrogens (tertiary/aromatic N) is 1.